The van der Waals surface area contributed by atoms with Crippen molar-refractivity contribution in [1.82, 2.24) is 10.2 Å². The van der Waals surface area contributed by atoms with Gasteiger partial charge in [-0.15, -0.1) is 0 Å². The average Bonchev–Trinajstić information content (AvgIpc) is 2.58. The van der Waals surface area contributed by atoms with Crippen LogP contribution >= 0.6 is 0 Å². The Morgan fingerprint density at radius 2 is 1.71 bits per heavy atom. The van der Waals surface area contributed by atoms with Crippen LogP contribution in [0.25, 0.3) is 0 Å². The number of rotatable bonds is 4. The van der Waals surface area contributed by atoms with Gasteiger partial charge in [-0.25, -0.2) is 0 Å². The lowest BCUT2D eigenvalue weighted by Gasteiger charge is -2.41. The number of hydrogen-bond acceptors (Lipinski definition) is 2. The van der Waals surface area contributed by atoms with Crippen LogP contribution in [0.2, 0.25) is 0 Å². The van der Waals surface area contributed by atoms with Crippen LogP contribution in [0.3, 0.4) is 0 Å². The number of benzene rings is 1. The van der Waals surface area contributed by atoms with Gasteiger partial charge >= 0.3 is 0 Å². The molecule has 2 fully saturated rings. The Kier molecular flexibility index (Phi) is 5.32. The van der Waals surface area contributed by atoms with E-state index in [1.807, 2.05) is 0 Å². The van der Waals surface area contributed by atoms with Gasteiger partial charge < -0.3 is 5.32 Å². The molecule has 0 unspecified atom stereocenters. The first-order chi connectivity index (χ1) is 10.4. The van der Waals surface area contributed by atoms with Crippen molar-refractivity contribution < 1.29 is 0 Å². The van der Waals surface area contributed by atoms with Crippen LogP contribution in [0.1, 0.15) is 56.2 Å². The van der Waals surface area contributed by atoms with Crippen LogP contribution in [0, 0.1) is 5.92 Å². The zero-order chi connectivity index (χ0) is 14.5. The van der Waals surface area contributed by atoms with E-state index in [4.69, 9.17) is 0 Å². The largest absolute Gasteiger partial charge is 0.314 e. The summed E-state index contributed by atoms with van der Waals surface area (Å²) in [6, 6.07) is 10.1. The third kappa shape index (κ3) is 3.67. The van der Waals surface area contributed by atoms with Crippen LogP contribution in [-0.4, -0.2) is 31.1 Å². The Hall–Kier alpha value is -0.860. The predicted molar refractivity (Wildman–Crippen MR) is 89.6 cm³/mol. The minimum Gasteiger partial charge on any atom is -0.314 e. The van der Waals surface area contributed by atoms with E-state index in [1.165, 1.54) is 50.8 Å². The number of hydrogen-bond donors (Lipinski definition) is 1. The molecule has 1 saturated carbocycles. The highest BCUT2D eigenvalue weighted by molar-refractivity contribution is 5.26. The molecule has 116 valence electrons. The molecule has 1 N–H and O–H groups in total. The molecule has 0 spiro atoms. The third-order valence-corrected chi connectivity index (χ3v) is 5.37. The normalized spacial score (nSPS) is 23.1. The van der Waals surface area contributed by atoms with Crippen molar-refractivity contribution in [2.24, 2.45) is 5.92 Å². The first-order valence-corrected chi connectivity index (χ1v) is 8.92. The summed E-state index contributed by atoms with van der Waals surface area (Å²) in [5, 5.41) is 3.50. The molecule has 0 amide bonds. The van der Waals surface area contributed by atoms with Gasteiger partial charge in [-0.2, -0.15) is 0 Å². The quantitative estimate of drug-likeness (QED) is 0.906. The summed E-state index contributed by atoms with van der Waals surface area (Å²) in [7, 11) is 0. The molecule has 21 heavy (non-hydrogen) atoms. The standard InChI is InChI=1S/C19H30N2/c1-2-16-8-10-18(11-9-16)19(17-6-4-3-5-7-17)21-14-12-20-13-15-21/h8-11,17,19-20H,2-7,12-15H2,1H3/t19-/m1/s1. The molecule has 2 heteroatoms. The summed E-state index contributed by atoms with van der Waals surface area (Å²) in [5.74, 6) is 0.865. The Morgan fingerprint density at radius 3 is 2.33 bits per heavy atom. The number of nitrogens with zero attached hydrogens (tertiary/aromatic N) is 1. The molecular weight excluding hydrogens is 256 g/mol. The molecule has 1 atom stereocenters. The zero-order valence-corrected chi connectivity index (χ0v) is 13.5. The van der Waals surface area contributed by atoms with Crippen molar-refractivity contribution in [3.05, 3.63) is 35.4 Å². The van der Waals surface area contributed by atoms with Gasteiger partial charge in [-0.3, -0.25) is 4.90 Å². The van der Waals surface area contributed by atoms with Gasteiger partial charge in [-0.1, -0.05) is 50.5 Å². The van der Waals surface area contributed by atoms with E-state index in [9.17, 15) is 0 Å². The fraction of sp³-hybridized carbons (Fsp3) is 0.684. The zero-order valence-electron chi connectivity index (χ0n) is 13.5. The minimum absolute atomic E-state index is 0.651. The van der Waals surface area contributed by atoms with Crippen molar-refractivity contribution in [2.75, 3.05) is 26.2 Å². The van der Waals surface area contributed by atoms with Gasteiger partial charge in [0, 0.05) is 32.2 Å². The second kappa shape index (κ2) is 7.42. The maximum Gasteiger partial charge on any atom is 0.0377 e. The van der Waals surface area contributed by atoms with E-state index in [-0.39, 0.29) is 0 Å². The summed E-state index contributed by atoms with van der Waals surface area (Å²) in [5.41, 5.74) is 3.02. The van der Waals surface area contributed by atoms with Crippen molar-refractivity contribution in [3.63, 3.8) is 0 Å². The first-order valence-electron chi connectivity index (χ1n) is 8.92. The fourth-order valence-corrected chi connectivity index (χ4v) is 4.14. The maximum absolute atomic E-state index is 3.50. The molecule has 2 nitrogen and oxygen atoms in total. The summed E-state index contributed by atoms with van der Waals surface area (Å²) in [6.07, 6.45) is 8.29. The van der Waals surface area contributed by atoms with E-state index in [0.717, 1.165) is 25.4 Å². The molecule has 1 saturated heterocycles. The molecule has 2 aliphatic rings. The maximum atomic E-state index is 3.50. The van der Waals surface area contributed by atoms with Gasteiger partial charge in [-0.05, 0) is 36.3 Å². The van der Waals surface area contributed by atoms with Crippen molar-refractivity contribution in [2.45, 2.75) is 51.5 Å². The molecular formula is C19H30N2. The molecule has 1 aromatic carbocycles. The second-order valence-corrected chi connectivity index (χ2v) is 6.72. The van der Waals surface area contributed by atoms with Crippen molar-refractivity contribution in [1.29, 1.82) is 0 Å². The van der Waals surface area contributed by atoms with E-state index in [0.29, 0.717) is 6.04 Å². The van der Waals surface area contributed by atoms with Crippen LogP contribution in [-0.2, 0) is 6.42 Å². The van der Waals surface area contributed by atoms with Crippen molar-refractivity contribution in [3.8, 4) is 0 Å². The molecule has 1 heterocycles. The van der Waals surface area contributed by atoms with Crippen LogP contribution in [0.5, 0.6) is 0 Å². The molecule has 1 aromatic rings. The summed E-state index contributed by atoms with van der Waals surface area (Å²) < 4.78 is 0. The first kappa shape index (κ1) is 15.1. The lowest BCUT2D eigenvalue weighted by Crippen LogP contribution is -2.47. The average molecular weight is 286 g/mol. The molecule has 0 radical (unpaired) electrons. The fourth-order valence-electron chi connectivity index (χ4n) is 4.14. The van der Waals surface area contributed by atoms with Gasteiger partial charge in [0.05, 0.1) is 0 Å². The van der Waals surface area contributed by atoms with E-state index in [2.05, 4.69) is 41.4 Å². The van der Waals surface area contributed by atoms with Crippen LogP contribution in [0.15, 0.2) is 24.3 Å². The molecule has 1 aliphatic carbocycles. The minimum atomic E-state index is 0.651. The number of nitrogens with one attached hydrogen (secondary N) is 1. The Bertz CT molecular complexity index is 396. The Balaban J connectivity index is 1.82. The Labute approximate surface area is 129 Å². The molecule has 3 rings (SSSR count). The third-order valence-electron chi connectivity index (χ3n) is 5.37. The predicted octanol–water partition coefficient (Wildman–Crippen LogP) is 3.78. The monoisotopic (exact) mass is 286 g/mol. The number of piperazine rings is 1. The van der Waals surface area contributed by atoms with Gasteiger partial charge in [0.25, 0.3) is 0 Å². The summed E-state index contributed by atoms with van der Waals surface area (Å²) in [6.45, 7) is 6.95. The number of aryl methyl sites for hydroxylation is 1. The van der Waals surface area contributed by atoms with Gasteiger partial charge in [0.1, 0.15) is 0 Å². The lowest BCUT2D eigenvalue weighted by atomic mass is 9.80. The van der Waals surface area contributed by atoms with Crippen molar-refractivity contribution >= 4 is 0 Å². The van der Waals surface area contributed by atoms with E-state index >= 15 is 0 Å². The van der Waals surface area contributed by atoms with E-state index in [1.54, 1.807) is 5.56 Å². The molecule has 0 aromatic heterocycles. The Morgan fingerprint density at radius 1 is 1.05 bits per heavy atom. The second-order valence-electron chi connectivity index (χ2n) is 6.72. The topological polar surface area (TPSA) is 15.3 Å². The van der Waals surface area contributed by atoms with Gasteiger partial charge in [0.2, 0.25) is 0 Å². The SMILES string of the molecule is CCc1ccc([C@@H](C2CCCCC2)N2CCNCC2)cc1. The summed E-state index contributed by atoms with van der Waals surface area (Å²) >= 11 is 0. The smallest absolute Gasteiger partial charge is 0.0377 e. The highest BCUT2D eigenvalue weighted by atomic mass is 15.2. The highest BCUT2D eigenvalue weighted by Gasteiger charge is 2.30. The van der Waals surface area contributed by atoms with Gasteiger partial charge in [0.15, 0.2) is 0 Å². The molecule has 1 aliphatic heterocycles. The summed E-state index contributed by atoms with van der Waals surface area (Å²) in [4.78, 5) is 2.74. The molecule has 0 bridgehead atoms. The lowest BCUT2D eigenvalue weighted by molar-refractivity contribution is 0.103. The highest BCUT2D eigenvalue weighted by Crippen LogP contribution is 2.38. The van der Waals surface area contributed by atoms with Crippen LogP contribution < -0.4 is 5.32 Å². The van der Waals surface area contributed by atoms with Crippen LogP contribution in [0.4, 0.5) is 0 Å². The van der Waals surface area contributed by atoms with E-state index < -0.39 is 0 Å².